The van der Waals surface area contributed by atoms with E-state index in [0.29, 0.717) is 31.9 Å². The third-order valence-electron chi connectivity index (χ3n) is 2.65. The van der Waals surface area contributed by atoms with Crippen LogP contribution in [-0.2, 0) is 9.47 Å². The van der Waals surface area contributed by atoms with Crippen LogP contribution in [0.3, 0.4) is 0 Å². The molecule has 0 aliphatic heterocycles. The van der Waals surface area contributed by atoms with Gasteiger partial charge in [0.2, 0.25) is 0 Å². The molecule has 0 saturated carbocycles. The van der Waals surface area contributed by atoms with Crippen LogP contribution in [0.25, 0.3) is 0 Å². The molecule has 1 aromatic rings. The second kappa shape index (κ2) is 8.50. The number of methoxy groups -OCH3 is 1. The molecule has 0 heterocycles. The van der Waals surface area contributed by atoms with Gasteiger partial charge in [0.05, 0.1) is 25.4 Å². The SMILES string of the molecule is CNc1ccc(C)cc1C(=O)NCCOCCOC. The fourth-order valence-electron chi connectivity index (χ4n) is 1.64. The molecule has 0 aliphatic carbocycles. The minimum atomic E-state index is -0.0941. The predicted molar refractivity (Wildman–Crippen MR) is 75.8 cm³/mol. The summed E-state index contributed by atoms with van der Waals surface area (Å²) in [6.45, 7) is 4.04. The van der Waals surface area contributed by atoms with Gasteiger partial charge < -0.3 is 20.1 Å². The molecule has 0 spiro atoms. The minimum Gasteiger partial charge on any atom is -0.387 e. The van der Waals surface area contributed by atoms with Crippen molar-refractivity contribution < 1.29 is 14.3 Å². The van der Waals surface area contributed by atoms with Crippen molar-refractivity contribution in [2.24, 2.45) is 0 Å². The molecule has 1 amide bonds. The molecule has 0 saturated heterocycles. The van der Waals surface area contributed by atoms with Crippen LogP contribution in [0, 0.1) is 6.92 Å². The van der Waals surface area contributed by atoms with Crippen molar-refractivity contribution in [3.8, 4) is 0 Å². The van der Waals surface area contributed by atoms with Crippen LogP contribution >= 0.6 is 0 Å². The molecule has 1 rings (SSSR count). The molecule has 5 nitrogen and oxygen atoms in total. The van der Waals surface area contributed by atoms with Gasteiger partial charge in [0, 0.05) is 26.4 Å². The second-order valence-corrected chi connectivity index (χ2v) is 4.16. The van der Waals surface area contributed by atoms with E-state index in [1.165, 1.54) is 0 Å². The number of anilines is 1. The number of aryl methyl sites for hydroxylation is 1. The molecule has 2 N–H and O–H groups in total. The van der Waals surface area contributed by atoms with Gasteiger partial charge in [-0.1, -0.05) is 11.6 Å². The van der Waals surface area contributed by atoms with E-state index in [9.17, 15) is 4.79 Å². The molecule has 19 heavy (non-hydrogen) atoms. The fraction of sp³-hybridized carbons (Fsp3) is 0.500. The molecular formula is C14H22N2O3. The Balaban J connectivity index is 2.43. The Labute approximate surface area is 114 Å². The van der Waals surface area contributed by atoms with Gasteiger partial charge >= 0.3 is 0 Å². The summed E-state index contributed by atoms with van der Waals surface area (Å²) in [7, 11) is 3.43. The van der Waals surface area contributed by atoms with E-state index in [1.54, 1.807) is 14.2 Å². The highest BCUT2D eigenvalue weighted by molar-refractivity contribution is 5.99. The summed E-state index contributed by atoms with van der Waals surface area (Å²) in [6, 6.07) is 5.74. The van der Waals surface area contributed by atoms with E-state index in [2.05, 4.69) is 10.6 Å². The number of hydrogen-bond donors (Lipinski definition) is 2. The van der Waals surface area contributed by atoms with E-state index in [0.717, 1.165) is 11.3 Å². The number of nitrogens with one attached hydrogen (secondary N) is 2. The van der Waals surface area contributed by atoms with Crippen molar-refractivity contribution in [1.29, 1.82) is 0 Å². The van der Waals surface area contributed by atoms with Gasteiger partial charge in [0.15, 0.2) is 0 Å². The fourth-order valence-corrected chi connectivity index (χ4v) is 1.64. The van der Waals surface area contributed by atoms with E-state index in [-0.39, 0.29) is 5.91 Å². The minimum absolute atomic E-state index is 0.0941. The van der Waals surface area contributed by atoms with Crippen molar-refractivity contribution in [2.75, 3.05) is 45.8 Å². The van der Waals surface area contributed by atoms with Gasteiger partial charge in [0.1, 0.15) is 0 Å². The topological polar surface area (TPSA) is 59.6 Å². The number of hydrogen-bond acceptors (Lipinski definition) is 4. The van der Waals surface area contributed by atoms with Gasteiger partial charge in [-0.25, -0.2) is 0 Å². The first kappa shape index (κ1) is 15.5. The first-order valence-corrected chi connectivity index (χ1v) is 6.32. The van der Waals surface area contributed by atoms with Crippen molar-refractivity contribution >= 4 is 11.6 Å². The van der Waals surface area contributed by atoms with Gasteiger partial charge in [-0.15, -0.1) is 0 Å². The highest BCUT2D eigenvalue weighted by atomic mass is 16.5. The quantitative estimate of drug-likeness (QED) is 0.699. The monoisotopic (exact) mass is 266 g/mol. The largest absolute Gasteiger partial charge is 0.387 e. The Hall–Kier alpha value is -1.59. The van der Waals surface area contributed by atoms with Gasteiger partial charge in [-0.05, 0) is 19.1 Å². The first-order chi connectivity index (χ1) is 9.19. The van der Waals surface area contributed by atoms with Crippen molar-refractivity contribution in [2.45, 2.75) is 6.92 Å². The average Bonchev–Trinajstić information content (AvgIpc) is 2.42. The summed E-state index contributed by atoms with van der Waals surface area (Å²) < 4.78 is 10.1. The van der Waals surface area contributed by atoms with Crippen molar-refractivity contribution in [1.82, 2.24) is 5.32 Å². The van der Waals surface area contributed by atoms with E-state index in [1.807, 2.05) is 25.1 Å². The summed E-state index contributed by atoms with van der Waals surface area (Å²) in [5, 5.41) is 5.85. The number of carbonyl (C=O) groups excluding carboxylic acids is 1. The number of carbonyl (C=O) groups is 1. The summed E-state index contributed by atoms with van der Waals surface area (Å²) >= 11 is 0. The highest BCUT2D eigenvalue weighted by Gasteiger charge is 2.10. The molecule has 0 unspecified atom stereocenters. The molecule has 0 radical (unpaired) electrons. The molecular weight excluding hydrogens is 244 g/mol. The first-order valence-electron chi connectivity index (χ1n) is 6.32. The van der Waals surface area contributed by atoms with Crippen LogP contribution in [0.4, 0.5) is 5.69 Å². The third-order valence-corrected chi connectivity index (χ3v) is 2.65. The predicted octanol–water partition coefficient (Wildman–Crippen LogP) is 1.43. The smallest absolute Gasteiger partial charge is 0.253 e. The van der Waals surface area contributed by atoms with Crippen LogP contribution in [0.2, 0.25) is 0 Å². The zero-order chi connectivity index (χ0) is 14.1. The summed E-state index contributed by atoms with van der Waals surface area (Å²) in [6.07, 6.45) is 0. The standard InChI is InChI=1S/C14H22N2O3/c1-11-4-5-13(15-2)12(10-11)14(17)16-6-7-19-9-8-18-3/h4-5,10,15H,6-9H2,1-3H3,(H,16,17). The Kier molecular flexibility index (Phi) is 6.92. The van der Waals surface area contributed by atoms with Crippen LogP contribution in [0.15, 0.2) is 18.2 Å². The van der Waals surface area contributed by atoms with Crippen molar-refractivity contribution in [3.05, 3.63) is 29.3 Å². The van der Waals surface area contributed by atoms with Crippen molar-refractivity contribution in [3.63, 3.8) is 0 Å². The van der Waals surface area contributed by atoms with E-state index in [4.69, 9.17) is 9.47 Å². The van der Waals surface area contributed by atoms with Crippen LogP contribution in [-0.4, -0.2) is 46.4 Å². The number of benzene rings is 1. The maximum Gasteiger partial charge on any atom is 0.253 e. The highest BCUT2D eigenvalue weighted by Crippen LogP contribution is 2.16. The Morgan fingerprint density at radius 2 is 2.05 bits per heavy atom. The second-order valence-electron chi connectivity index (χ2n) is 4.16. The Morgan fingerprint density at radius 3 is 2.74 bits per heavy atom. The molecule has 0 atom stereocenters. The normalized spacial score (nSPS) is 10.3. The number of ether oxygens (including phenoxy) is 2. The molecule has 1 aromatic carbocycles. The Morgan fingerprint density at radius 1 is 1.26 bits per heavy atom. The van der Waals surface area contributed by atoms with Gasteiger partial charge in [-0.2, -0.15) is 0 Å². The maximum absolute atomic E-state index is 12.0. The van der Waals surface area contributed by atoms with Crippen LogP contribution < -0.4 is 10.6 Å². The third kappa shape index (κ3) is 5.28. The van der Waals surface area contributed by atoms with E-state index < -0.39 is 0 Å². The van der Waals surface area contributed by atoms with Gasteiger partial charge in [-0.3, -0.25) is 4.79 Å². The van der Waals surface area contributed by atoms with Gasteiger partial charge in [0.25, 0.3) is 5.91 Å². The zero-order valence-electron chi connectivity index (χ0n) is 11.8. The lowest BCUT2D eigenvalue weighted by Crippen LogP contribution is -2.28. The average molecular weight is 266 g/mol. The summed E-state index contributed by atoms with van der Waals surface area (Å²) in [5.74, 6) is -0.0941. The summed E-state index contributed by atoms with van der Waals surface area (Å²) in [5.41, 5.74) is 2.53. The number of rotatable bonds is 8. The van der Waals surface area contributed by atoms with Crippen LogP contribution in [0.1, 0.15) is 15.9 Å². The molecule has 0 aliphatic rings. The molecule has 0 fully saturated rings. The maximum atomic E-state index is 12.0. The Bertz CT molecular complexity index is 408. The summed E-state index contributed by atoms with van der Waals surface area (Å²) in [4.78, 5) is 12.0. The molecule has 5 heteroatoms. The number of amides is 1. The zero-order valence-corrected chi connectivity index (χ0v) is 11.8. The molecule has 106 valence electrons. The lowest BCUT2D eigenvalue weighted by Gasteiger charge is -2.11. The van der Waals surface area contributed by atoms with E-state index >= 15 is 0 Å². The lowest BCUT2D eigenvalue weighted by atomic mass is 10.1. The van der Waals surface area contributed by atoms with Crippen LogP contribution in [0.5, 0.6) is 0 Å². The molecule has 0 bridgehead atoms. The lowest BCUT2D eigenvalue weighted by molar-refractivity contribution is 0.0693. The molecule has 0 aromatic heterocycles.